The minimum Gasteiger partial charge on any atom is -0.338 e. The van der Waals surface area contributed by atoms with Gasteiger partial charge in [0.05, 0.1) is 10.3 Å². The number of likely N-dealkylation sites (tertiary alicyclic amines) is 3. The van der Waals surface area contributed by atoms with Gasteiger partial charge in [-0.2, -0.15) is 0 Å². The number of benzene rings is 2. The summed E-state index contributed by atoms with van der Waals surface area (Å²) in [5.41, 5.74) is 2.31. The van der Waals surface area contributed by atoms with Crippen LogP contribution in [-0.4, -0.2) is 65.8 Å². The lowest BCUT2D eigenvalue weighted by molar-refractivity contribution is -0.139. The Morgan fingerprint density at radius 2 is 1.66 bits per heavy atom. The lowest BCUT2D eigenvalue weighted by Crippen LogP contribution is -2.46. The first kappa shape index (κ1) is 25.8. The first-order valence-corrected chi connectivity index (χ1v) is 15.3. The highest BCUT2D eigenvalue weighted by Crippen LogP contribution is 2.43. The Labute approximate surface area is 237 Å². The number of halogens is 1. The van der Waals surface area contributed by atoms with Gasteiger partial charge < -0.3 is 14.7 Å². The molecule has 3 aliphatic rings. The number of thiophene rings is 1. The van der Waals surface area contributed by atoms with Crippen molar-refractivity contribution in [3.8, 4) is 0 Å². The van der Waals surface area contributed by atoms with Gasteiger partial charge in [0.1, 0.15) is 0 Å². The second-order valence-electron chi connectivity index (χ2n) is 11.1. The van der Waals surface area contributed by atoms with Crippen LogP contribution < -0.4 is 0 Å². The molecule has 4 heterocycles. The van der Waals surface area contributed by atoms with Gasteiger partial charge >= 0.3 is 0 Å². The van der Waals surface area contributed by atoms with Gasteiger partial charge in [0.2, 0.25) is 5.91 Å². The van der Waals surface area contributed by atoms with Crippen LogP contribution in [0.5, 0.6) is 0 Å². The molecular formula is C31H34BrN3O2S. The van der Waals surface area contributed by atoms with Crippen molar-refractivity contribution in [1.82, 2.24) is 14.7 Å². The molecule has 2 aromatic carbocycles. The Balaban J connectivity index is 1.09. The molecule has 3 aliphatic heterocycles. The van der Waals surface area contributed by atoms with Gasteiger partial charge in [-0.3, -0.25) is 9.59 Å². The number of piperidine rings is 1. The highest BCUT2D eigenvalue weighted by Gasteiger charge is 2.48. The van der Waals surface area contributed by atoms with Crippen molar-refractivity contribution in [3.05, 3.63) is 92.6 Å². The molecule has 6 rings (SSSR count). The van der Waals surface area contributed by atoms with E-state index in [1.54, 1.807) is 0 Å². The van der Waals surface area contributed by atoms with Crippen LogP contribution in [0.2, 0.25) is 0 Å². The molecule has 1 aromatic heterocycles. The van der Waals surface area contributed by atoms with Crippen molar-refractivity contribution in [3.63, 3.8) is 0 Å². The van der Waals surface area contributed by atoms with Gasteiger partial charge in [-0.1, -0.05) is 64.5 Å². The number of rotatable bonds is 6. The molecular weight excluding hydrogens is 558 g/mol. The Hall–Kier alpha value is -2.48. The van der Waals surface area contributed by atoms with E-state index < -0.39 is 0 Å². The summed E-state index contributed by atoms with van der Waals surface area (Å²) in [6.45, 7) is 5.99. The SMILES string of the molecule is O=C(c1cccs1)N1CC(c2ccccc2)[C@@H](CN2CCC3(CC2)CCN(Cc2ccc(Br)cc2)C3=O)C1. The van der Waals surface area contributed by atoms with E-state index in [0.29, 0.717) is 24.3 Å². The quantitative estimate of drug-likeness (QED) is 0.359. The zero-order chi connectivity index (χ0) is 26.1. The zero-order valence-electron chi connectivity index (χ0n) is 21.6. The molecule has 2 atom stereocenters. The van der Waals surface area contributed by atoms with Crippen molar-refractivity contribution in [2.75, 3.05) is 39.3 Å². The van der Waals surface area contributed by atoms with E-state index in [1.807, 2.05) is 29.6 Å². The number of nitrogens with zero attached hydrogens (tertiary/aromatic N) is 3. The first-order chi connectivity index (χ1) is 18.5. The Morgan fingerprint density at radius 1 is 0.921 bits per heavy atom. The number of carbonyl (C=O) groups is 2. The number of hydrogen-bond acceptors (Lipinski definition) is 4. The molecule has 3 saturated heterocycles. The molecule has 1 spiro atoms. The van der Waals surface area contributed by atoms with Crippen molar-refractivity contribution < 1.29 is 9.59 Å². The second kappa shape index (κ2) is 10.9. The van der Waals surface area contributed by atoms with Crippen LogP contribution in [0.25, 0.3) is 0 Å². The largest absolute Gasteiger partial charge is 0.338 e. The van der Waals surface area contributed by atoms with E-state index in [-0.39, 0.29) is 11.3 Å². The van der Waals surface area contributed by atoms with Crippen molar-refractivity contribution >= 4 is 39.1 Å². The Bertz CT molecular complexity index is 1260. The predicted octanol–water partition coefficient (Wildman–Crippen LogP) is 5.88. The maximum atomic E-state index is 13.5. The van der Waals surface area contributed by atoms with Gasteiger partial charge in [0.15, 0.2) is 0 Å². The maximum absolute atomic E-state index is 13.5. The third kappa shape index (κ3) is 5.21. The fraction of sp³-hybridized carbons (Fsp3) is 0.419. The van der Waals surface area contributed by atoms with Gasteiger partial charge in [0, 0.05) is 43.1 Å². The molecule has 198 valence electrons. The lowest BCUT2D eigenvalue weighted by Gasteiger charge is -2.39. The number of hydrogen-bond donors (Lipinski definition) is 0. The molecule has 5 nitrogen and oxygen atoms in total. The minimum absolute atomic E-state index is 0.156. The van der Waals surface area contributed by atoms with Gasteiger partial charge in [-0.25, -0.2) is 0 Å². The molecule has 2 amide bonds. The van der Waals surface area contributed by atoms with Crippen LogP contribution >= 0.6 is 27.3 Å². The Morgan fingerprint density at radius 3 is 2.37 bits per heavy atom. The lowest BCUT2D eigenvalue weighted by atomic mass is 9.76. The maximum Gasteiger partial charge on any atom is 0.263 e. The smallest absolute Gasteiger partial charge is 0.263 e. The fourth-order valence-corrected chi connectivity index (χ4v) is 7.62. The predicted molar refractivity (Wildman–Crippen MR) is 155 cm³/mol. The van der Waals surface area contributed by atoms with Crippen LogP contribution in [0.4, 0.5) is 0 Å². The molecule has 0 radical (unpaired) electrons. The molecule has 0 N–H and O–H groups in total. The highest BCUT2D eigenvalue weighted by atomic mass is 79.9. The van der Waals surface area contributed by atoms with E-state index in [4.69, 9.17) is 0 Å². The standard InChI is InChI=1S/C31H34BrN3O2S/c32-26-10-8-23(9-11-26)19-34-17-14-31(30(34)37)12-15-33(16-13-31)20-25-21-35(29(36)28-7-4-18-38-28)22-27(25)24-5-2-1-3-6-24/h1-11,18,25,27H,12-17,19-22H2/t25-,27?/m0/s1. The average Bonchev–Trinajstić information content (AvgIpc) is 3.69. The Kier molecular flexibility index (Phi) is 7.43. The summed E-state index contributed by atoms with van der Waals surface area (Å²) in [5.74, 6) is 1.23. The summed E-state index contributed by atoms with van der Waals surface area (Å²) >= 11 is 5.02. The third-order valence-electron chi connectivity index (χ3n) is 8.88. The van der Waals surface area contributed by atoms with Crippen LogP contribution in [0.15, 0.2) is 76.6 Å². The van der Waals surface area contributed by atoms with Crippen molar-refractivity contribution in [2.45, 2.75) is 31.7 Å². The summed E-state index contributed by atoms with van der Waals surface area (Å²) < 4.78 is 1.06. The molecule has 0 aliphatic carbocycles. The van der Waals surface area contributed by atoms with Crippen LogP contribution in [0.1, 0.15) is 46.0 Å². The van der Waals surface area contributed by atoms with Gasteiger partial charge in [-0.15, -0.1) is 11.3 Å². The molecule has 38 heavy (non-hydrogen) atoms. The monoisotopic (exact) mass is 591 g/mol. The topological polar surface area (TPSA) is 43.9 Å². The number of amides is 2. The highest BCUT2D eigenvalue weighted by molar-refractivity contribution is 9.10. The van der Waals surface area contributed by atoms with Gasteiger partial charge in [-0.05, 0) is 73.0 Å². The fourth-order valence-electron chi connectivity index (χ4n) is 6.67. The van der Waals surface area contributed by atoms with Crippen molar-refractivity contribution in [1.29, 1.82) is 0 Å². The normalized spacial score (nSPS) is 23.4. The van der Waals surface area contributed by atoms with Crippen LogP contribution in [-0.2, 0) is 11.3 Å². The van der Waals surface area contributed by atoms with Gasteiger partial charge in [0.25, 0.3) is 5.91 Å². The van der Waals surface area contributed by atoms with Crippen molar-refractivity contribution in [2.24, 2.45) is 11.3 Å². The summed E-state index contributed by atoms with van der Waals surface area (Å²) in [7, 11) is 0. The van der Waals surface area contributed by atoms with E-state index in [0.717, 1.165) is 67.9 Å². The third-order valence-corrected chi connectivity index (χ3v) is 10.3. The molecule has 0 saturated carbocycles. The van der Waals surface area contributed by atoms with E-state index in [9.17, 15) is 9.59 Å². The second-order valence-corrected chi connectivity index (χ2v) is 13.0. The summed E-state index contributed by atoms with van der Waals surface area (Å²) in [4.78, 5) is 34.2. The average molecular weight is 593 g/mol. The molecule has 7 heteroatoms. The molecule has 3 fully saturated rings. The van der Waals surface area contributed by atoms with Crippen LogP contribution in [0, 0.1) is 11.3 Å². The first-order valence-electron chi connectivity index (χ1n) is 13.6. The van der Waals surface area contributed by atoms with E-state index in [2.05, 4.69) is 73.1 Å². The summed E-state index contributed by atoms with van der Waals surface area (Å²) in [6, 6.07) is 22.9. The summed E-state index contributed by atoms with van der Waals surface area (Å²) in [5, 5.41) is 1.98. The van der Waals surface area contributed by atoms with E-state index in [1.165, 1.54) is 22.5 Å². The van der Waals surface area contributed by atoms with E-state index >= 15 is 0 Å². The molecule has 0 bridgehead atoms. The summed E-state index contributed by atoms with van der Waals surface area (Å²) in [6.07, 6.45) is 2.84. The zero-order valence-corrected chi connectivity index (χ0v) is 24.0. The minimum atomic E-state index is -0.193. The number of carbonyl (C=O) groups excluding carboxylic acids is 2. The molecule has 1 unspecified atom stereocenters. The molecule has 3 aromatic rings. The van der Waals surface area contributed by atoms with Crippen LogP contribution in [0.3, 0.4) is 0 Å².